The first-order valence-corrected chi connectivity index (χ1v) is 7.29. The van der Waals surface area contributed by atoms with Crippen molar-refractivity contribution >= 4 is 17.9 Å². The van der Waals surface area contributed by atoms with Crippen LogP contribution in [0.4, 0.5) is 0 Å². The van der Waals surface area contributed by atoms with Crippen LogP contribution in [0.2, 0.25) is 0 Å². The maximum atomic E-state index is 10.0. The van der Waals surface area contributed by atoms with Crippen molar-refractivity contribution in [1.82, 2.24) is 15.0 Å². The van der Waals surface area contributed by atoms with Crippen LogP contribution in [0.1, 0.15) is 31.5 Å². The van der Waals surface area contributed by atoms with E-state index in [2.05, 4.69) is 15.0 Å². The van der Waals surface area contributed by atoms with Gasteiger partial charge in [0, 0.05) is 18.6 Å². The molecular weight excluding hydrogens is 495 g/mol. The molecular formula is C18H12N3O6Pr. The van der Waals surface area contributed by atoms with Gasteiger partial charge >= 0.3 is 41.3 Å². The monoisotopic (exact) mass is 507 g/mol. The van der Waals surface area contributed by atoms with Gasteiger partial charge in [-0.05, 0) is 36.4 Å². The van der Waals surface area contributed by atoms with Gasteiger partial charge in [0.1, 0.15) is 0 Å². The van der Waals surface area contributed by atoms with Gasteiger partial charge in [-0.3, -0.25) is 15.0 Å². The zero-order valence-electron chi connectivity index (χ0n) is 14.3. The number of carboxylic acid groups (broad SMARTS) is 3. The van der Waals surface area contributed by atoms with Gasteiger partial charge in [0.2, 0.25) is 0 Å². The molecule has 0 bridgehead atoms. The standard InChI is InChI=1S/3C6H5NO2.Pr/c3*8-6(9)5-3-1-2-4-7-5;/h3*1-4H,(H,8,9);/q;;;+3/p-3. The molecule has 0 aliphatic carbocycles. The molecule has 0 radical (unpaired) electrons. The molecule has 0 unspecified atom stereocenters. The molecule has 0 saturated carbocycles. The molecule has 0 N–H and O–H groups in total. The Bertz CT molecular complexity index is 747. The Balaban J connectivity index is 0.000000384. The number of hydrogen-bond donors (Lipinski definition) is 0. The Morgan fingerprint density at radius 2 is 0.786 bits per heavy atom. The van der Waals surface area contributed by atoms with Crippen LogP contribution >= 0.6 is 0 Å². The van der Waals surface area contributed by atoms with E-state index in [1.807, 2.05) is 0 Å². The minimum atomic E-state index is -1.24. The quantitative estimate of drug-likeness (QED) is 0.404. The summed E-state index contributed by atoms with van der Waals surface area (Å²) in [5.41, 5.74) is -0.0903. The summed E-state index contributed by atoms with van der Waals surface area (Å²) in [5.74, 6) is -3.72. The van der Waals surface area contributed by atoms with E-state index < -0.39 is 17.9 Å². The number of hydrogen-bond acceptors (Lipinski definition) is 9. The Kier molecular flexibility index (Phi) is 12.9. The molecule has 3 heterocycles. The third-order valence-electron chi connectivity index (χ3n) is 2.62. The van der Waals surface area contributed by atoms with Crippen molar-refractivity contribution in [2.24, 2.45) is 0 Å². The van der Waals surface area contributed by atoms with Gasteiger partial charge in [-0.2, -0.15) is 0 Å². The van der Waals surface area contributed by atoms with Gasteiger partial charge in [-0.25, -0.2) is 0 Å². The Morgan fingerprint density at radius 3 is 0.893 bits per heavy atom. The third kappa shape index (κ3) is 10.4. The summed E-state index contributed by atoms with van der Waals surface area (Å²) >= 11 is 0. The fourth-order valence-corrected chi connectivity index (χ4v) is 1.45. The molecule has 0 aliphatic rings. The molecule has 3 aromatic heterocycles. The van der Waals surface area contributed by atoms with Crippen molar-refractivity contribution in [1.29, 1.82) is 0 Å². The molecule has 0 spiro atoms. The molecule has 3 rings (SSSR count). The van der Waals surface area contributed by atoms with Crippen LogP contribution in [-0.2, 0) is 0 Å². The van der Waals surface area contributed by atoms with Crippen LogP contribution in [0.25, 0.3) is 0 Å². The second-order valence-electron chi connectivity index (χ2n) is 4.51. The van der Waals surface area contributed by atoms with Gasteiger partial charge < -0.3 is 29.7 Å². The average Bonchev–Trinajstić information content (AvgIpc) is 2.71. The molecule has 3 aromatic rings. The summed E-state index contributed by atoms with van der Waals surface area (Å²) < 4.78 is 0. The van der Waals surface area contributed by atoms with E-state index in [1.165, 1.54) is 36.8 Å². The number of nitrogens with zero attached hydrogens (tertiary/aromatic N) is 3. The van der Waals surface area contributed by atoms with Gasteiger partial charge in [-0.15, -0.1) is 0 Å². The van der Waals surface area contributed by atoms with Gasteiger partial charge in [0.25, 0.3) is 0 Å². The Morgan fingerprint density at radius 1 is 0.536 bits per heavy atom. The Hall–Kier alpha value is -2.78. The largest absolute Gasteiger partial charge is 3.00 e. The van der Waals surface area contributed by atoms with Crippen molar-refractivity contribution < 1.29 is 71.0 Å². The number of carbonyl (C=O) groups excluding carboxylic acids is 3. The molecule has 0 amide bonds. The molecule has 0 fully saturated rings. The van der Waals surface area contributed by atoms with Crippen LogP contribution in [0.3, 0.4) is 0 Å². The topological polar surface area (TPSA) is 159 Å². The second kappa shape index (κ2) is 14.3. The zero-order chi connectivity index (χ0) is 20.1. The smallest absolute Gasteiger partial charge is 0.543 e. The number of aromatic carboxylic acids is 3. The van der Waals surface area contributed by atoms with Crippen LogP contribution < -0.4 is 15.3 Å². The van der Waals surface area contributed by atoms with Gasteiger partial charge in [-0.1, -0.05) is 18.2 Å². The molecule has 138 valence electrons. The van der Waals surface area contributed by atoms with Gasteiger partial charge in [0.05, 0.1) is 35.0 Å². The normalized spacial score (nSPS) is 8.57. The Labute approximate surface area is 193 Å². The van der Waals surface area contributed by atoms with Crippen molar-refractivity contribution in [3.8, 4) is 0 Å². The van der Waals surface area contributed by atoms with Crippen molar-refractivity contribution in [2.45, 2.75) is 0 Å². The molecule has 0 atom stereocenters. The second-order valence-corrected chi connectivity index (χ2v) is 4.51. The van der Waals surface area contributed by atoms with E-state index in [0.29, 0.717) is 0 Å². The summed E-state index contributed by atoms with van der Waals surface area (Å²) in [6.07, 6.45) is 4.22. The number of carboxylic acids is 3. The summed E-state index contributed by atoms with van der Waals surface area (Å²) in [6, 6.07) is 13.9. The predicted molar refractivity (Wildman–Crippen MR) is 85.7 cm³/mol. The maximum absolute atomic E-state index is 10.0. The summed E-state index contributed by atoms with van der Waals surface area (Å²) in [5, 5.41) is 30.1. The summed E-state index contributed by atoms with van der Waals surface area (Å²) in [6.45, 7) is 0. The predicted octanol–water partition coefficient (Wildman–Crippen LogP) is -1.66. The third-order valence-corrected chi connectivity index (χ3v) is 2.62. The fraction of sp³-hybridized carbons (Fsp3) is 0. The first kappa shape index (κ1) is 25.2. The molecule has 0 saturated heterocycles. The number of carbonyl (C=O) groups is 3. The van der Waals surface area contributed by atoms with E-state index in [0.717, 1.165) is 0 Å². The minimum absolute atomic E-state index is 0. The van der Waals surface area contributed by atoms with Crippen molar-refractivity contribution in [3.63, 3.8) is 0 Å². The van der Waals surface area contributed by atoms with Crippen LogP contribution in [-0.4, -0.2) is 32.9 Å². The number of aromatic nitrogens is 3. The van der Waals surface area contributed by atoms with E-state index in [-0.39, 0.29) is 58.4 Å². The van der Waals surface area contributed by atoms with E-state index >= 15 is 0 Å². The average molecular weight is 507 g/mol. The van der Waals surface area contributed by atoms with Crippen LogP contribution in [0.5, 0.6) is 0 Å². The minimum Gasteiger partial charge on any atom is -0.543 e. The summed E-state index contributed by atoms with van der Waals surface area (Å²) in [4.78, 5) is 40.6. The van der Waals surface area contributed by atoms with E-state index in [1.54, 1.807) is 36.4 Å². The van der Waals surface area contributed by atoms with Crippen LogP contribution in [0, 0.1) is 41.3 Å². The SMILES string of the molecule is O=C([O-])c1ccccn1.O=C([O-])c1ccccn1.O=C([O-])c1ccccn1.[Pr+3]. The van der Waals surface area contributed by atoms with Gasteiger partial charge in [0.15, 0.2) is 0 Å². The molecule has 0 aromatic carbocycles. The van der Waals surface area contributed by atoms with Crippen LogP contribution in [0.15, 0.2) is 73.2 Å². The zero-order valence-corrected chi connectivity index (χ0v) is 18.0. The van der Waals surface area contributed by atoms with Crippen molar-refractivity contribution in [3.05, 3.63) is 90.3 Å². The first-order valence-electron chi connectivity index (χ1n) is 7.29. The first-order chi connectivity index (χ1) is 12.9. The van der Waals surface area contributed by atoms with E-state index in [9.17, 15) is 29.7 Å². The van der Waals surface area contributed by atoms with E-state index in [4.69, 9.17) is 0 Å². The molecule has 10 heteroatoms. The number of pyridine rings is 3. The maximum Gasteiger partial charge on any atom is 3.00 e. The number of rotatable bonds is 3. The molecule has 9 nitrogen and oxygen atoms in total. The molecule has 28 heavy (non-hydrogen) atoms. The fourth-order valence-electron chi connectivity index (χ4n) is 1.45. The summed E-state index contributed by atoms with van der Waals surface area (Å²) in [7, 11) is 0. The van der Waals surface area contributed by atoms with Crippen molar-refractivity contribution in [2.75, 3.05) is 0 Å². The molecule has 0 aliphatic heterocycles.